The van der Waals surface area contributed by atoms with E-state index in [1.54, 1.807) is 0 Å². The smallest absolute Gasteiger partial charge is 0.109 e. The van der Waals surface area contributed by atoms with Gasteiger partial charge in [0.25, 0.3) is 0 Å². The fourth-order valence-electron chi connectivity index (χ4n) is 2.33. The van der Waals surface area contributed by atoms with E-state index in [0.29, 0.717) is 6.67 Å². The largest absolute Gasteiger partial charge is 0.322 e. The van der Waals surface area contributed by atoms with E-state index in [1.807, 2.05) is 17.0 Å². The van der Waals surface area contributed by atoms with E-state index in [1.165, 1.54) is 57.8 Å². The van der Waals surface area contributed by atoms with Gasteiger partial charge in [0.05, 0.1) is 6.67 Å². The van der Waals surface area contributed by atoms with E-state index >= 15 is 0 Å². The van der Waals surface area contributed by atoms with Crippen molar-refractivity contribution in [3.05, 3.63) is 18.2 Å². The first-order valence-corrected chi connectivity index (χ1v) is 7.58. The van der Waals surface area contributed by atoms with Gasteiger partial charge in [0, 0.05) is 18.8 Å². The molecule has 0 aliphatic heterocycles. The molecule has 104 valence electrons. The molecule has 1 aromatic rings. The fraction of sp³-hybridized carbons (Fsp3) is 0.800. The average molecular weight is 251 g/mol. The quantitative estimate of drug-likeness (QED) is 0.607. The van der Waals surface area contributed by atoms with E-state index in [4.69, 9.17) is 5.73 Å². The lowest BCUT2D eigenvalue weighted by Crippen LogP contribution is -2.09. The Hall–Kier alpha value is -0.830. The topological polar surface area (TPSA) is 43.8 Å². The summed E-state index contributed by atoms with van der Waals surface area (Å²) in [7, 11) is 0. The summed E-state index contributed by atoms with van der Waals surface area (Å²) in [5.41, 5.74) is 5.63. The Morgan fingerprint density at radius 1 is 1.00 bits per heavy atom. The predicted octanol–water partition coefficient (Wildman–Crippen LogP) is 3.87. The van der Waals surface area contributed by atoms with Crippen LogP contribution in [-0.4, -0.2) is 9.55 Å². The van der Waals surface area contributed by atoms with Crippen molar-refractivity contribution in [3.8, 4) is 0 Å². The molecule has 0 aromatic carbocycles. The molecule has 1 heterocycles. The molecule has 18 heavy (non-hydrogen) atoms. The molecule has 0 bridgehead atoms. The van der Waals surface area contributed by atoms with Crippen molar-refractivity contribution in [3.63, 3.8) is 0 Å². The molecular weight excluding hydrogens is 222 g/mol. The summed E-state index contributed by atoms with van der Waals surface area (Å²) in [4.78, 5) is 4.34. The van der Waals surface area contributed by atoms with Gasteiger partial charge in [-0.2, -0.15) is 0 Å². The first-order valence-electron chi connectivity index (χ1n) is 7.58. The van der Waals surface area contributed by atoms with Gasteiger partial charge < -0.3 is 10.3 Å². The molecule has 0 radical (unpaired) electrons. The first kappa shape index (κ1) is 15.2. The Morgan fingerprint density at radius 3 is 2.22 bits per heavy atom. The van der Waals surface area contributed by atoms with Crippen LogP contribution in [0.25, 0.3) is 0 Å². The molecule has 1 aromatic heterocycles. The van der Waals surface area contributed by atoms with Crippen molar-refractivity contribution in [1.29, 1.82) is 0 Å². The zero-order valence-corrected chi connectivity index (χ0v) is 11.9. The van der Waals surface area contributed by atoms with E-state index in [-0.39, 0.29) is 0 Å². The minimum atomic E-state index is 0.548. The lowest BCUT2D eigenvalue weighted by Gasteiger charge is -2.04. The third-order valence-electron chi connectivity index (χ3n) is 3.50. The Labute approximate surface area is 112 Å². The third-order valence-corrected chi connectivity index (χ3v) is 3.50. The summed E-state index contributed by atoms with van der Waals surface area (Å²) in [6.45, 7) is 2.82. The normalized spacial score (nSPS) is 11.0. The highest BCUT2D eigenvalue weighted by Crippen LogP contribution is 2.11. The van der Waals surface area contributed by atoms with Crippen LogP contribution in [0, 0.1) is 0 Å². The van der Waals surface area contributed by atoms with Gasteiger partial charge in [-0.3, -0.25) is 0 Å². The van der Waals surface area contributed by atoms with Crippen LogP contribution < -0.4 is 5.73 Å². The van der Waals surface area contributed by atoms with Crippen molar-refractivity contribution in [2.75, 3.05) is 0 Å². The molecular formula is C15H29N3. The summed E-state index contributed by atoms with van der Waals surface area (Å²) in [6.07, 6.45) is 17.2. The monoisotopic (exact) mass is 251 g/mol. The zero-order valence-electron chi connectivity index (χ0n) is 11.9. The molecule has 0 unspecified atom stereocenters. The summed E-state index contributed by atoms with van der Waals surface area (Å²) in [6, 6.07) is 0. The maximum absolute atomic E-state index is 5.63. The van der Waals surface area contributed by atoms with E-state index in [0.717, 1.165) is 12.2 Å². The molecule has 0 aliphatic rings. The lowest BCUT2D eigenvalue weighted by atomic mass is 10.1. The Morgan fingerprint density at radius 2 is 1.61 bits per heavy atom. The molecule has 2 N–H and O–H groups in total. The fourth-order valence-corrected chi connectivity index (χ4v) is 2.33. The summed E-state index contributed by atoms with van der Waals surface area (Å²) in [5.74, 6) is 1.14. The molecule has 0 saturated heterocycles. The van der Waals surface area contributed by atoms with E-state index in [9.17, 15) is 0 Å². The highest BCUT2D eigenvalue weighted by Gasteiger charge is 2.00. The van der Waals surface area contributed by atoms with Crippen LogP contribution in [0.4, 0.5) is 0 Å². The molecule has 0 fully saturated rings. The van der Waals surface area contributed by atoms with Crippen LogP contribution in [0.2, 0.25) is 0 Å². The van der Waals surface area contributed by atoms with Crippen molar-refractivity contribution < 1.29 is 0 Å². The van der Waals surface area contributed by atoms with Crippen molar-refractivity contribution in [1.82, 2.24) is 9.55 Å². The minimum absolute atomic E-state index is 0.548. The van der Waals surface area contributed by atoms with Crippen LogP contribution in [0.15, 0.2) is 12.4 Å². The number of imidazole rings is 1. The number of hydrogen-bond acceptors (Lipinski definition) is 2. The zero-order chi connectivity index (χ0) is 13.1. The van der Waals surface area contributed by atoms with E-state index < -0.39 is 0 Å². The molecule has 3 heteroatoms. The predicted molar refractivity (Wildman–Crippen MR) is 77.3 cm³/mol. The van der Waals surface area contributed by atoms with Crippen LogP contribution in [0.3, 0.4) is 0 Å². The lowest BCUT2D eigenvalue weighted by molar-refractivity contribution is 0.556. The average Bonchev–Trinajstić information content (AvgIpc) is 2.84. The number of unbranched alkanes of at least 4 members (excludes halogenated alkanes) is 8. The van der Waals surface area contributed by atoms with Crippen molar-refractivity contribution in [2.24, 2.45) is 5.73 Å². The highest BCUT2D eigenvalue weighted by molar-refractivity contribution is 4.91. The summed E-state index contributed by atoms with van der Waals surface area (Å²) in [5, 5.41) is 0. The van der Waals surface area contributed by atoms with Crippen LogP contribution >= 0.6 is 0 Å². The number of hydrogen-bond donors (Lipinski definition) is 1. The Balaban J connectivity index is 1.92. The van der Waals surface area contributed by atoms with Gasteiger partial charge in [0.1, 0.15) is 5.82 Å². The maximum Gasteiger partial charge on any atom is 0.109 e. The Bertz CT molecular complexity index is 294. The molecule has 3 nitrogen and oxygen atoms in total. The third kappa shape index (κ3) is 6.20. The number of rotatable bonds is 11. The number of nitrogens with two attached hydrogens (primary N) is 1. The molecule has 1 rings (SSSR count). The van der Waals surface area contributed by atoms with Gasteiger partial charge in [0.15, 0.2) is 0 Å². The van der Waals surface area contributed by atoms with Crippen LogP contribution in [-0.2, 0) is 13.1 Å². The Kier molecular flexibility index (Phi) is 8.57. The van der Waals surface area contributed by atoms with Gasteiger partial charge in [-0.05, 0) is 6.42 Å². The van der Waals surface area contributed by atoms with Gasteiger partial charge in [-0.1, -0.05) is 58.3 Å². The standard InChI is InChI=1S/C15H29N3/c1-2-3-4-5-6-7-8-9-10-11-15-17-12-13-18(15)14-16/h12-13H,2-11,14,16H2,1H3. The maximum atomic E-state index is 5.63. The summed E-state index contributed by atoms with van der Waals surface area (Å²) >= 11 is 0. The molecule has 0 amide bonds. The molecule has 0 spiro atoms. The SMILES string of the molecule is CCCCCCCCCCCc1nccn1CN. The minimum Gasteiger partial charge on any atom is -0.322 e. The van der Waals surface area contributed by atoms with Gasteiger partial charge in [0.2, 0.25) is 0 Å². The summed E-state index contributed by atoms with van der Waals surface area (Å²) < 4.78 is 2.03. The molecule has 0 atom stereocenters. The van der Waals surface area contributed by atoms with Crippen molar-refractivity contribution in [2.45, 2.75) is 77.8 Å². The first-order chi connectivity index (χ1) is 8.88. The second-order valence-electron chi connectivity index (χ2n) is 5.07. The van der Waals surface area contributed by atoms with Gasteiger partial charge >= 0.3 is 0 Å². The number of nitrogens with zero attached hydrogens (tertiary/aromatic N) is 2. The second-order valence-corrected chi connectivity index (χ2v) is 5.07. The second kappa shape index (κ2) is 10.1. The van der Waals surface area contributed by atoms with Crippen molar-refractivity contribution >= 4 is 0 Å². The van der Waals surface area contributed by atoms with Gasteiger partial charge in [-0.15, -0.1) is 0 Å². The van der Waals surface area contributed by atoms with Crippen LogP contribution in [0.1, 0.15) is 70.5 Å². The highest BCUT2D eigenvalue weighted by atomic mass is 15.1. The van der Waals surface area contributed by atoms with E-state index in [2.05, 4.69) is 11.9 Å². The van der Waals surface area contributed by atoms with Gasteiger partial charge in [-0.25, -0.2) is 4.98 Å². The van der Waals surface area contributed by atoms with Crippen LogP contribution in [0.5, 0.6) is 0 Å². The number of aromatic nitrogens is 2. The number of aryl methyl sites for hydroxylation is 1. The molecule has 0 aliphatic carbocycles. The molecule has 0 saturated carbocycles.